The summed E-state index contributed by atoms with van der Waals surface area (Å²) in [6.07, 6.45) is 0. The average molecular weight is 416 g/mol. The molecule has 1 amide bonds. The molecule has 0 aliphatic rings. The fourth-order valence-corrected chi connectivity index (χ4v) is 3.21. The first-order chi connectivity index (χ1) is 15.0. The van der Waals surface area contributed by atoms with Gasteiger partial charge in [0.2, 0.25) is 11.3 Å². The van der Waals surface area contributed by atoms with Crippen molar-refractivity contribution in [3.05, 3.63) is 98.7 Å². The number of nitrogens with one attached hydrogen (secondary N) is 1. The van der Waals surface area contributed by atoms with Crippen molar-refractivity contribution in [3.8, 4) is 16.9 Å². The van der Waals surface area contributed by atoms with E-state index >= 15 is 0 Å². The molecule has 0 bridgehead atoms. The Kier molecular flexibility index (Phi) is 5.19. The van der Waals surface area contributed by atoms with Crippen molar-refractivity contribution >= 4 is 28.4 Å². The van der Waals surface area contributed by atoms with Crippen LogP contribution in [0.15, 0.2) is 82.0 Å². The number of para-hydroxylation sites is 1. The molecule has 8 heteroatoms. The predicted octanol–water partition coefficient (Wildman–Crippen LogP) is 4.63. The van der Waals surface area contributed by atoms with Gasteiger partial charge in [-0.15, -0.1) is 0 Å². The number of carbonyl (C=O) groups is 1. The number of carbonyl (C=O) groups excluding carboxylic acids is 1. The van der Waals surface area contributed by atoms with Crippen molar-refractivity contribution in [2.45, 2.75) is 0 Å². The third kappa shape index (κ3) is 3.86. The number of nitro groups is 1. The molecule has 0 spiro atoms. The second kappa shape index (κ2) is 8.11. The van der Waals surface area contributed by atoms with E-state index in [4.69, 9.17) is 9.15 Å². The van der Waals surface area contributed by atoms with E-state index in [1.165, 1.54) is 25.3 Å². The molecule has 4 aromatic rings. The lowest BCUT2D eigenvalue weighted by Gasteiger charge is -2.12. The van der Waals surface area contributed by atoms with Crippen LogP contribution in [0.25, 0.3) is 22.1 Å². The molecular formula is C23H16N2O6. The average Bonchev–Trinajstić information content (AvgIpc) is 2.79. The number of amides is 1. The van der Waals surface area contributed by atoms with E-state index in [1.807, 2.05) is 0 Å². The largest absolute Gasteiger partial charge is 0.497 e. The summed E-state index contributed by atoms with van der Waals surface area (Å²) in [7, 11) is 1.51. The first kappa shape index (κ1) is 19.8. The number of nitro benzene ring substituents is 1. The van der Waals surface area contributed by atoms with Crippen LogP contribution in [0.1, 0.15) is 10.4 Å². The molecule has 0 aliphatic heterocycles. The van der Waals surface area contributed by atoms with Crippen LogP contribution in [0.3, 0.4) is 0 Å². The van der Waals surface area contributed by atoms with Crippen LogP contribution >= 0.6 is 0 Å². The van der Waals surface area contributed by atoms with Crippen molar-refractivity contribution in [1.29, 1.82) is 0 Å². The molecule has 0 unspecified atom stereocenters. The first-order valence-corrected chi connectivity index (χ1v) is 9.24. The number of non-ortho nitro benzene ring substituents is 1. The molecule has 0 fully saturated rings. The molecule has 0 saturated carbocycles. The number of nitrogens with zero attached hydrogens (tertiary/aromatic N) is 1. The van der Waals surface area contributed by atoms with Gasteiger partial charge in [-0.25, -0.2) is 0 Å². The molecule has 31 heavy (non-hydrogen) atoms. The number of hydrogen-bond donors (Lipinski definition) is 1. The van der Waals surface area contributed by atoms with Crippen molar-refractivity contribution in [2.75, 3.05) is 12.4 Å². The monoisotopic (exact) mass is 416 g/mol. The van der Waals surface area contributed by atoms with Crippen molar-refractivity contribution in [2.24, 2.45) is 0 Å². The number of rotatable bonds is 5. The Morgan fingerprint density at radius 2 is 1.81 bits per heavy atom. The van der Waals surface area contributed by atoms with Gasteiger partial charge in [0, 0.05) is 17.7 Å². The van der Waals surface area contributed by atoms with Gasteiger partial charge in [0.05, 0.1) is 23.0 Å². The van der Waals surface area contributed by atoms with Gasteiger partial charge in [0.1, 0.15) is 11.3 Å². The van der Waals surface area contributed by atoms with Gasteiger partial charge >= 0.3 is 0 Å². The molecular weight excluding hydrogens is 400 g/mol. The van der Waals surface area contributed by atoms with Crippen LogP contribution in [-0.4, -0.2) is 17.9 Å². The van der Waals surface area contributed by atoms with E-state index in [0.29, 0.717) is 22.3 Å². The first-order valence-electron chi connectivity index (χ1n) is 9.24. The summed E-state index contributed by atoms with van der Waals surface area (Å²) >= 11 is 0. The number of ether oxygens (including phenoxy) is 1. The maximum atomic E-state index is 13.3. The van der Waals surface area contributed by atoms with Gasteiger partial charge in [0.15, 0.2) is 0 Å². The number of fused-ring (bicyclic) bond motifs is 1. The highest BCUT2D eigenvalue weighted by atomic mass is 16.6. The SMILES string of the molecule is COc1cccc(-c2c(NC(=O)c3cccc([N+](=O)[O-])c3)oc3ccccc3c2=O)c1. The molecule has 0 radical (unpaired) electrons. The normalized spacial score (nSPS) is 10.6. The quantitative estimate of drug-likeness (QED) is 0.375. The number of hydrogen-bond acceptors (Lipinski definition) is 6. The fourth-order valence-electron chi connectivity index (χ4n) is 3.21. The van der Waals surface area contributed by atoms with Gasteiger partial charge in [0.25, 0.3) is 11.6 Å². The van der Waals surface area contributed by atoms with Gasteiger partial charge in [-0.1, -0.05) is 30.3 Å². The lowest BCUT2D eigenvalue weighted by atomic mass is 10.0. The van der Waals surface area contributed by atoms with E-state index in [9.17, 15) is 19.7 Å². The summed E-state index contributed by atoms with van der Waals surface area (Å²) in [5, 5.41) is 14.0. The van der Waals surface area contributed by atoms with Crippen LogP contribution < -0.4 is 15.5 Å². The Balaban J connectivity index is 1.86. The maximum Gasteiger partial charge on any atom is 0.270 e. The smallest absolute Gasteiger partial charge is 0.270 e. The minimum absolute atomic E-state index is 0.0570. The summed E-state index contributed by atoms with van der Waals surface area (Å²) in [5.74, 6) is -0.180. The van der Waals surface area contributed by atoms with E-state index in [0.717, 1.165) is 6.07 Å². The third-order valence-corrected chi connectivity index (χ3v) is 4.70. The zero-order chi connectivity index (χ0) is 22.0. The van der Waals surface area contributed by atoms with Crippen LogP contribution in [0.2, 0.25) is 0 Å². The number of methoxy groups -OCH3 is 1. The minimum atomic E-state index is -0.647. The van der Waals surface area contributed by atoms with E-state index in [2.05, 4.69) is 5.32 Å². The Morgan fingerprint density at radius 3 is 2.58 bits per heavy atom. The topological polar surface area (TPSA) is 112 Å². The van der Waals surface area contributed by atoms with Gasteiger partial charge < -0.3 is 9.15 Å². The summed E-state index contributed by atoms with van der Waals surface area (Å²) in [5.41, 5.74) is 0.449. The number of anilines is 1. The Bertz CT molecular complexity index is 1380. The lowest BCUT2D eigenvalue weighted by Crippen LogP contribution is -2.16. The zero-order valence-corrected chi connectivity index (χ0v) is 16.3. The summed E-state index contributed by atoms with van der Waals surface area (Å²) in [6, 6.07) is 18.8. The molecule has 1 N–H and O–H groups in total. The summed E-state index contributed by atoms with van der Waals surface area (Å²) in [6.45, 7) is 0. The van der Waals surface area contributed by atoms with Gasteiger partial charge in [-0.05, 0) is 35.9 Å². The van der Waals surface area contributed by atoms with E-state index in [1.54, 1.807) is 48.5 Å². The Morgan fingerprint density at radius 1 is 1.03 bits per heavy atom. The molecule has 8 nitrogen and oxygen atoms in total. The second-order valence-corrected chi connectivity index (χ2v) is 6.62. The highest BCUT2D eigenvalue weighted by Crippen LogP contribution is 2.31. The predicted molar refractivity (Wildman–Crippen MR) is 116 cm³/mol. The Labute approximate surface area is 175 Å². The molecule has 154 valence electrons. The fraction of sp³-hybridized carbons (Fsp3) is 0.0435. The molecule has 0 saturated heterocycles. The highest BCUT2D eigenvalue weighted by molar-refractivity contribution is 6.06. The zero-order valence-electron chi connectivity index (χ0n) is 16.3. The van der Waals surface area contributed by atoms with Gasteiger partial charge in [-0.2, -0.15) is 0 Å². The van der Waals surface area contributed by atoms with Crippen LogP contribution in [0.5, 0.6) is 5.75 Å². The van der Waals surface area contributed by atoms with Crippen LogP contribution in [0, 0.1) is 10.1 Å². The van der Waals surface area contributed by atoms with E-state index < -0.39 is 10.8 Å². The van der Waals surface area contributed by atoms with E-state index in [-0.39, 0.29) is 28.1 Å². The molecule has 0 aliphatic carbocycles. The molecule has 1 aromatic heterocycles. The van der Waals surface area contributed by atoms with Crippen molar-refractivity contribution in [3.63, 3.8) is 0 Å². The maximum absolute atomic E-state index is 13.3. The summed E-state index contributed by atoms with van der Waals surface area (Å²) < 4.78 is 11.1. The lowest BCUT2D eigenvalue weighted by molar-refractivity contribution is -0.384. The van der Waals surface area contributed by atoms with Crippen LogP contribution in [-0.2, 0) is 0 Å². The van der Waals surface area contributed by atoms with Gasteiger partial charge in [-0.3, -0.25) is 25.0 Å². The Hall–Kier alpha value is -4.46. The van der Waals surface area contributed by atoms with Crippen molar-refractivity contribution < 1.29 is 18.9 Å². The molecule has 1 heterocycles. The minimum Gasteiger partial charge on any atom is -0.497 e. The standard InChI is InChI=1S/C23H16N2O6/c1-30-17-9-5-6-14(13-17)20-21(26)18-10-2-3-11-19(18)31-23(20)24-22(27)15-7-4-8-16(12-15)25(28)29/h2-13H,1H3,(H,24,27). The second-order valence-electron chi connectivity index (χ2n) is 6.62. The highest BCUT2D eigenvalue weighted by Gasteiger charge is 2.20. The van der Waals surface area contributed by atoms with Crippen LogP contribution in [0.4, 0.5) is 11.6 Å². The van der Waals surface area contributed by atoms with Crippen molar-refractivity contribution in [1.82, 2.24) is 0 Å². The third-order valence-electron chi connectivity index (χ3n) is 4.70. The summed E-state index contributed by atoms with van der Waals surface area (Å²) in [4.78, 5) is 36.5. The molecule has 0 atom stereocenters. The molecule has 3 aromatic carbocycles. The molecule has 4 rings (SSSR count). The number of benzene rings is 3.